The molecule has 0 saturated carbocycles. The minimum atomic E-state index is -0.661. The van der Waals surface area contributed by atoms with Crippen LogP contribution < -0.4 is 5.73 Å². The third-order valence-electron chi connectivity index (χ3n) is 5.81. The number of fused-ring (bicyclic) bond motifs is 3. The Bertz CT molecular complexity index is 1010. The number of aromatic nitrogens is 3. The van der Waals surface area contributed by atoms with Gasteiger partial charge in [-0.25, -0.2) is 8.91 Å². The van der Waals surface area contributed by atoms with Gasteiger partial charge in [-0.05, 0) is 44.0 Å². The van der Waals surface area contributed by atoms with E-state index in [9.17, 15) is 9.18 Å². The first-order valence-corrected chi connectivity index (χ1v) is 9.50. The Hall–Kier alpha value is -2.41. The average molecular weight is 371 g/mol. The molecule has 0 unspecified atom stereocenters. The van der Waals surface area contributed by atoms with Crippen molar-refractivity contribution in [2.24, 2.45) is 11.7 Å². The molecule has 1 aliphatic heterocycles. The Morgan fingerprint density at radius 2 is 2.07 bits per heavy atom. The van der Waals surface area contributed by atoms with Crippen molar-refractivity contribution in [3.63, 3.8) is 0 Å². The van der Waals surface area contributed by atoms with Gasteiger partial charge in [-0.1, -0.05) is 20.8 Å². The van der Waals surface area contributed by atoms with E-state index in [1.165, 1.54) is 12.1 Å². The molecular weight excluding hydrogens is 345 g/mol. The summed E-state index contributed by atoms with van der Waals surface area (Å²) >= 11 is 0. The van der Waals surface area contributed by atoms with Gasteiger partial charge in [0.05, 0.1) is 17.3 Å². The Morgan fingerprint density at radius 3 is 2.70 bits per heavy atom. The molecule has 1 saturated heterocycles. The van der Waals surface area contributed by atoms with Crippen LogP contribution in [0.4, 0.5) is 4.39 Å². The fourth-order valence-corrected chi connectivity index (χ4v) is 4.33. The number of H-pyrrole nitrogens is 1. The third kappa shape index (κ3) is 3.00. The maximum atomic E-state index is 13.9. The second kappa shape index (κ2) is 6.34. The number of halogens is 1. The number of carbonyl (C=O) groups excluding carboxylic acids is 1. The average Bonchev–Trinajstić information content (AvgIpc) is 3.14. The van der Waals surface area contributed by atoms with Gasteiger partial charge in [0.15, 0.2) is 0 Å². The lowest BCUT2D eigenvalue weighted by molar-refractivity contribution is 0.100. The van der Waals surface area contributed by atoms with Gasteiger partial charge in [0, 0.05) is 17.5 Å². The smallest absolute Gasteiger partial charge is 0.251 e. The predicted octanol–water partition coefficient (Wildman–Crippen LogP) is 3.06. The van der Waals surface area contributed by atoms with Crippen LogP contribution in [0.1, 0.15) is 49.5 Å². The number of imidazole rings is 1. The van der Waals surface area contributed by atoms with Crippen LogP contribution in [0.15, 0.2) is 18.3 Å². The lowest BCUT2D eigenvalue weighted by Gasteiger charge is -2.39. The first-order chi connectivity index (χ1) is 12.8. The number of carbonyl (C=O) groups is 1. The molecule has 7 heteroatoms. The molecule has 1 aliphatic rings. The highest BCUT2D eigenvalue weighted by molar-refractivity contribution is 6.05. The Kier molecular flexibility index (Phi) is 4.22. The summed E-state index contributed by atoms with van der Waals surface area (Å²) in [5.41, 5.74) is 8.59. The number of aromatic amines is 1. The molecule has 0 atom stereocenters. The molecule has 0 spiro atoms. The number of benzene rings is 1. The molecule has 3 N–H and O–H groups in total. The molecule has 2 aromatic heterocycles. The molecule has 3 aromatic rings. The van der Waals surface area contributed by atoms with Crippen molar-refractivity contribution in [3.05, 3.63) is 35.3 Å². The zero-order valence-electron chi connectivity index (χ0n) is 16.1. The van der Waals surface area contributed by atoms with Crippen molar-refractivity contribution < 1.29 is 9.18 Å². The summed E-state index contributed by atoms with van der Waals surface area (Å²) in [5, 5.41) is 4.51. The number of nitrogens with two attached hydrogens (primary N) is 1. The molecule has 1 amide bonds. The number of primary amides is 1. The van der Waals surface area contributed by atoms with E-state index in [1.807, 2.05) is 6.20 Å². The highest BCUT2D eigenvalue weighted by atomic mass is 19.1. The van der Waals surface area contributed by atoms with Gasteiger partial charge in [0.25, 0.3) is 5.91 Å². The van der Waals surface area contributed by atoms with Crippen LogP contribution in [-0.2, 0) is 5.41 Å². The van der Waals surface area contributed by atoms with E-state index in [1.54, 1.807) is 4.52 Å². The largest absolute Gasteiger partial charge is 0.366 e. The molecule has 0 radical (unpaired) electrons. The molecule has 1 aromatic carbocycles. The molecule has 6 nitrogen and oxygen atoms in total. The summed E-state index contributed by atoms with van der Waals surface area (Å²) in [4.78, 5) is 17.6. The van der Waals surface area contributed by atoms with E-state index in [0.29, 0.717) is 17.0 Å². The maximum absolute atomic E-state index is 13.9. The SMILES string of the molecule is CC(C)CN1CCC(C)(c2cnn3c2[nH]c2cc(F)cc(C(N)=O)c23)CC1. The van der Waals surface area contributed by atoms with Crippen LogP contribution in [-0.4, -0.2) is 45.0 Å². The third-order valence-corrected chi connectivity index (χ3v) is 5.81. The van der Waals surface area contributed by atoms with Gasteiger partial charge in [0.1, 0.15) is 17.0 Å². The van der Waals surface area contributed by atoms with Crippen molar-refractivity contribution in [1.29, 1.82) is 0 Å². The van der Waals surface area contributed by atoms with Crippen molar-refractivity contribution in [2.45, 2.75) is 39.0 Å². The Morgan fingerprint density at radius 1 is 1.37 bits per heavy atom. The number of piperidine rings is 1. The quantitative estimate of drug-likeness (QED) is 0.740. The lowest BCUT2D eigenvalue weighted by atomic mass is 9.75. The van der Waals surface area contributed by atoms with Gasteiger partial charge in [0.2, 0.25) is 0 Å². The molecule has 1 fully saturated rings. The van der Waals surface area contributed by atoms with Crippen molar-refractivity contribution in [2.75, 3.05) is 19.6 Å². The van der Waals surface area contributed by atoms with Crippen molar-refractivity contribution >= 4 is 22.6 Å². The summed E-state index contributed by atoms with van der Waals surface area (Å²) in [6.45, 7) is 9.97. The summed E-state index contributed by atoms with van der Waals surface area (Å²) in [6, 6.07) is 2.55. The normalized spacial score (nSPS) is 18.0. The molecular formula is C20H26FN5O. The summed E-state index contributed by atoms with van der Waals surface area (Å²) in [5.74, 6) is -0.491. The minimum Gasteiger partial charge on any atom is -0.366 e. The van der Waals surface area contributed by atoms with Gasteiger partial charge >= 0.3 is 0 Å². The van der Waals surface area contributed by atoms with E-state index in [-0.39, 0.29) is 11.0 Å². The predicted molar refractivity (Wildman–Crippen MR) is 103 cm³/mol. The minimum absolute atomic E-state index is 0.0124. The number of nitrogens with one attached hydrogen (secondary N) is 1. The molecule has 144 valence electrons. The lowest BCUT2D eigenvalue weighted by Crippen LogP contribution is -2.42. The van der Waals surface area contributed by atoms with Gasteiger partial charge < -0.3 is 15.6 Å². The molecule has 4 rings (SSSR count). The Balaban J connectivity index is 1.76. The number of nitrogens with zero attached hydrogens (tertiary/aromatic N) is 3. The zero-order chi connectivity index (χ0) is 19.3. The highest BCUT2D eigenvalue weighted by Crippen LogP contribution is 2.38. The van der Waals surface area contributed by atoms with Crippen LogP contribution in [0.2, 0.25) is 0 Å². The first-order valence-electron chi connectivity index (χ1n) is 9.50. The van der Waals surface area contributed by atoms with Crippen LogP contribution in [0.5, 0.6) is 0 Å². The van der Waals surface area contributed by atoms with Crippen LogP contribution in [0, 0.1) is 11.7 Å². The van der Waals surface area contributed by atoms with E-state index in [4.69, 9.17) is 5.73 Å². The van der Waals surface area contributed by atoms with Gasteiger partial charge in [-0.2, -0.15) is 5.10 Å². The van der Waals surface area contributed by atoms with Crippen molar-refractivity contribution in [1.82, 2.24) is 19.5 Å². The van der Waals surface area contributed by atoms with E-state index in [0.717, 1.165) is 43.7 Å². The number of hydrogen-bond acceptors (Lipinski definition) is 3. The number of amides is 1. The molecule has 0 aliphatic carbocycles. The topological polar surface area (TPSA) is 79.4 Å². The number of rotatable bonds is 4. The van der Waals surface area contributed by atoms with Crippen LogP contribution >= 0.6 is 0 Å². The maximum Gasteiger partial charge on any atom is 0.251 e. The standard InChI is InChI=1S/C20H26FN5O/c1-12(2)11-25-6-4-20(3,5-7-25)15-10-23-26-17-14(18(22)27)8-13(21)9-16(17)24-19(15)26/h8-10,12,24H,4-7,11H2,1-3H3,(H2,22,27). The van der Waals surface area contributed by atoms with E-state index >= 15 is 0 Å². The van der Waals surface area contributed by atoms with Crippen LogP contribution in [0.3, 0.4) is 0 Å². The summed E-state index contributed by atoms with van der Waals surface area (Å²) in [6.07, 6.45) is 3.94. The Labute approximate surface area is 157 Å². The van der Waals surface area contributed by atoms with Gasteiger partial charge in [-0.15, -0.1) is 0 Å². The van der Waals surface area contributed by atoms with E-state index < -0.39 is 11.7 Å². The van der Waals surface area contributed by atoms with Gasteiger partial charge in [-0.3, -0.25) is 4.79 Å². The summed E-state index contributed by atoms with van der Waals surface area (Å²) < 4.78 is 15.6. The first kappa shape index (κ1) is 18.0. The second-order valence-corrected chi connectivity index (χ2v) is 8.41. The second-order valence-electron chi connectivity index (χ2n) is 8.41. The zero-order valence-corrected chi connectivity index (χ0v) is 16.1. The summed E-state index contributed by atoms with van der Waals surface area (Å²) in [7, 11) is 0. The fourth-order valence-electron chi connectivity index (χ4n) is 4.33. The monoisotopic (exact) mass is 371 g/mol. The number of hydrogen-bond donors (Lipinski definition) is 2. The molecule has 27 heavy (non-hydrogen) atoms. The highest BCUT2D eigenvalue weighted by Gasteiger charge is 2.35. The number of likely N-dealkylation sites (tertiary alicyclic amines) is 1. The fraction of sp³-hybridized carbons (Fsp3) is 0.500. The van der Waals surface area contributed by atoms with Crippen molar-refractivity contribution in [3.8, 4) is 0 Å². The van der Waals surface area contributed by atoms with Crippen LogP contribution in [0.25, 0.3) is 16.7 Å². The molecule has 0 bridgehead atoms. The van der Waals surface area contributed by atoms with E-state index in [2.05, 4.69) is 35.8 Å². The molecule has 3 heterocycles.